The topological polar surface area (TPSA) is 69.7 Å². The van der Waals surface area contributed by atoms with E-state index < -0.39 is 0 Å². The van der Waals surface area contributed by atoms with Gasteiger partial charge in [0.25, 0.3) is 5.91 Å². The first-order valence-corrected chi connectivity index (χ1v) is 10.8. The first-order chi connectivity index (χ1) is 15.0. The van der Waals surface area contributed by atoms with Crippen LogP contribution in [0.3, 0.4) is 0 Å². The van der Waals surface area contributed by atoms with Crippen molar-refractivity contribution >= 4 is 35.2 Å². The van der Waals surface area contributed by atoms with Crippen LogP contribution in [0.25, 0.3) is 6.08 Å². The van der Waals surface area contributed by atoms with Gasteiger partial charge >= 0.3 is 0 Å². The van der Waals surface area contributed by atoms with E-state index in [1.807, 2.05) is 48.2 Å². The third kappa shape index (κ3) is 4.68. The number of carbonyl (C=O) groups is 3. The van der Waals surface area contributed by atoms with Crippen molar-refractivity contribution < 1.29 is 14.4 Å². The molecular weight excluding hydrogens is 390 g/mol. The zero-order valence-electron chi connectivity index (χ0n) is 17.8. The van der Waals surface area contributed by atoms with Crippen LogP contribution in [0.2, 0.25) is 0 Å². The third-order valence-corrected chi connectivity index (χ3v) is 5.92. The van der Waals surface area contributed by atoms with Gasteiger partial charge in [0.2, 0.25) is 11.8 Å². The summed E-state index contributed by atoms with van der Waals surface area (Å²) in [5.74, 6) is -0.0747. The fourth-order valence-electron chi connectivity index (χ4n) is 4.13. The second kappa shape index (κ2) is 9.16. The minimum atomic E-state index is -0.257. The first-order valence-electron chi connectivity index (χ1n) is 10.8. The molecule has 2 fully saturated rings. The minimum absolute atomic E-state index is 0.0261. The van der Waals surface area contributed by atoms with E-state index in [0.29, 0.717) is 17.7 Å². The largest absolute Gasteiger partial charge is 0.339 e. The molecule has 1 N–H and O–H groups in total. The number of hydrogen-bond donors (Lipinski definition) is 1. The average Bonchev–Trinajstić information content (AvgIpc) is 3.46. The molecular formula is C25H27N3O3. The molecule has 4 rings (SSSR count). The summed E-state index contributed by atoms with van der Waals surface area (Å²) in [5.41, 5.74) is 3.82. The Balaban J connectivity index is 1.40. The van der Waals surface area contributed by atoms with Crippen molar-refractivity contribution in [2.24, 2.45) is 0 Å². The van der Waals surface area contributed by atoms with E-state index >= 15 is 0 Å². The average molecular weight is 418 g/mol. The van der Waals surface area contributed by atoms with Crippen LogP contribution in [-0.2, 0) is 9.59 Å². The lowest BCUT2D eigenvalue weighted by molar-refractivity contribution is -0.117. The van der Waals surface area contributed by atoms with Gasteiger partial charge in [0.15, 0.2) is 0 Å². The summed E-state index contributed by atoms with van der Waals surface area (Å²) in [6.45, 7) is 4.21. The van der Waals surface area contributed by atoms with Gasteiger partial charge in [-0.1, -0.05) is 18.2 Å². The van der Waals surface area contributed by atoms with Crippen molar-refractivity contribution in [1.29, 1.82) is 0 Å². The fraction of sp³-hybridized carbons (Fsp3) is 0.320. The molecule has 0 unspecified atom stereocenters. The summed E-state index contributed by atoms with van der Waals surface area (Å²) in [4.78, 5) is 40.7. The molecule has 2 heterocycles. The monoisotopic (exact) mass is 417 g/mol. The number of hydrogen-bond acceptors (Lipinski definition) is 3. The van der Waals surface area contributed by atoms with Crippen LogP contribution in [0.5, 0.6) is 0 Å². The summed E-state index contributed by atoms with van der Waals surface area (Å²) >= 11 is 0. The predicted octanol–water partition coefficient (Wildman–Crippen LogP) is 4.01. The SMILES string of the molecule is Cc1c(NC(=O)/C=C/c2ccc(N3CCCC3=O)cc2)cccc1C(=O)N1CCCC1. The van der Waals surface area contributed by atoms with Gasteiger partial charge in [-0.05, 0) is 67.7 Å². The molecule has 6 heteroatoms. The highest BCUT2D eigenvalue weighted by Crippen LogP contribution is 2.23. The lowest BCUT2D eigenvalue weighted by Crippen LogP contribution is -2.28. The molecule has 2 aromatic carbocycles. The Morgan fingerprint density at radius 2 is 1.71 bits per heavy atom. The van der Waals surface area contributed by atoms with E-state index in [0.717, 1.165) is 55.7 Å². The number of amides is 3. The number of nitrogens with zero attached hydrogens (tertiary/aromatic N) is 2. The van der Waals surface area contributed by atoms with Crippen LogP contribution >= 0.6 is 0 Å². The van der Waals surface area contributed by atoms with Gasteiger partial charge in [0, 0.05) is 49.1 Å². The highest BCUT2D eigenvalue weighted by Gasteiger charge is 2.22. The Hall–Kier alpha value is -3.41. The van der Waals surface area contributed by atoms with Crippen LogP contribution in [-0.4, -0.2) is 42.3 Å². The van der Waals surface area contributed by atoms with Gasteiger partial charge in [-0.15, -0.1) is 0 Å². The number of anilines is 2. The van der Waals surface area contributed by atoms with Crippen molar-refractivity contribution in [1.82, 2.24) is 4.90 Å². The van der Waals surface area contributed by atoms with Crippen LogP contribution in [0, 0.1) is 6.92 Å². The van der Waals surface area contributed by atoms with Crippen LogP contribution in [0.4, 0.5) is 11.4 Å². The molecule has 0 spiro atoms. The Morgan fingerprint density at radius 1 is 0.968 bits per heavy atom. The van der Waals surface area contributed by atoms with E-state index in [-0.39, 0.29) is 17.7 Å². The summed E-state index contributed by atoms with van der Waals surface area (Å²) in [5, 5.41) is 2.88. The van der Waals surface area contributed by atoms with Gasteiger partial charge in [-0.25, -0.2) is 0 Å². The second-order valence-electron chi connectivity index (χ2n) is 8.04. The Kier molecular flexibility index (Phi) is 6.16. The molecule has 0 bridgehead atoms. The number of likely N-dealkylation sites (tertiary alicyclic amines) is 1. The second-order valence-corrected chi connectivity index (χ2v) is 8.04. The highest BCUT2D eigenvalue weighted by molar-refractivity contribution is 6.04. The zero-order valence-corrected chi connectivity index (χ0v) is 17.8. The Morgan fingerprint density at radius 3 is 2.39 bits per heavy atom. The maximum absolute atomic E-state index is 12.7. The standard InChI is InChI=1S/C25H27N3O3/c1-18-21(25(31)27-15-2-3-16-27)6-4-7-22(18)26-23(29)14-11-19-9-12-20(13-10-19)28-17-5-8-24(28)30/h4,6-7,9-14H,2-3,5,8,15-17H2,1H3,(H,26,29)/b14-11+. The number of rotatable bonds is 5. The molecule has 0 aromatic heterocycles. The van der Waals surface area contributed by atoms with Crippen LogP contribution < -0.4 is 10.2 Å². The molecule has 160 valence electrons. The molecule has 0 saturated carbocycles. The van der Waals surface area contributed by atoms with Gasteiger partial charge in [-0.2, -0.15) is 0 Å². The van der Waals surface area contributed by atoms with Crippen LogP contribution in [0.15, 0.2) is 48.5 Å². The van der Waals surface area contributed by atoms with E-state index in [9.17, 15) is 14.4 Å². The van der Waals surface area contributed by atoms with Crippen molar-refractivity contribution in [3.63, 3.8) is 0 Å². The maximum Gasteiger partial charge on any atom is 0.254 e. The number of carbonyl (C=O) groups excluding carboxylic acids is 3. The van der Waals surface area contributed by atoms with Crippen molar-refractivity contribution in [3.8, 4) is 0 Å². The van der Waals surface area contributed by atoms with E-state index in [2.05, 4.69) is 5.32 Å². The van der Waals surface area contributed by atoms with Crippen molar-refractivity contribution in [2.45, 2.75) is 32.6 Å². The number of nitrogens with one attached hydrogen (secondary N) is 1. The number of benzene rings is 2. The molecule has 0 aliphatic carbocycles. The van der Waals surface area contributed by atoms with Gasteiger partial charge < -0.3 is 15.1 Å². The molecule has 2 aliphatic rings. The van der Waals surface area contributed by atoms with E-state index in [4.69, 9.17) is 0 Å². The first kappa shape index (κ1) is 20.8. The normalized spacial score (nSPS) is 16.4. The maximum atomic E-state index is 12.7. The summed E-state index contributed by atoms with van der Waals surface area (Å²) in [6.07, 6.45) is 6.80. The van der Waals surface area contributed by atoms with E-state index in [1.54, 1.807) is 17.0 Å². The molecule has 6 nitrogen and oxygen atoms in total. The predicted molar refractivity (Wildman–Crippen MR) is 122 cm³/mol. The summed E-state index contributed by atoms with van der Waals surface area (Å²) in [7, 11) is 0. The quantitative estimate of drug-likeness (QED) is 0.748. The lowest BCUT2D eigenvalue weighted by Gasteiger charge is -2.18. The minimum Gasteiger partial charge on any atom is -0.339 e. The molecule has 0 radical (unpaired) electrons. The summed E-state index contributed by atoms with van der Waals surface area (Å²) in [6, 6.07) is 13.0. The fourth-order valence-corrected chi connectivity index (χ4v) is 4.13. The molecule has 2 saturated heterocycles. The molecule has 0 atom stereocenters. The zero-order chi connectivity index (χ0) is 21.8. The lowest BCUT2D eigenvalue weighted by atomic mass is 10.1. The van der Waals surface area contributed by atoms with Crippen molar-refractivity contribution in [2.75, 3.05) is 29.9 Å². The van der Waals surface area contributed by atoms with Gasteiger partial charge in [-0.3, -0.25) is 14.4 Å². The van der Waals surface area contributed by atoms with Crippen molar-refractivity contribution in [3.05, 3.63) is 65.2 Å². The molecule has 2 aliphatic heterocycles. The Bertz CT molecular complexity index is 1020. The van der Waals surface area contributed by atoms with Gasteiger partial charge in [0.05, 0.1) is 0 Å². The molecule has 2 aromatic rings. The Labute approximate surface area is 182 Å². The van der Waals surface area contributed by atoms with Gasteiger partial charge in [0.1, 0.15) is 0 Å². The molecule has 3 amide bonds. The third-order valence-electron chi connectivity index (χ3n) is 5.92. The molecule has 31 heavy (non-hydrogen) atoms. The van der Waals surface area contributed by atoms with Crippen LogP contribution in [0.1, 0.15) is 47.2 Å². The highest BCUT2D eigenvalue weighted by atomic mass is 16.2. The van der Waals surface area contributed by atoms with E-state index in [1.165, 1.54) is 6.08 Å². The smallest absolute Gasteiger partial charge is 0.254 e. The summed E-state index contributed by atoms with van der Waals surface area (Å²) < 4.78 is 0.